The Hall–Kier alpha value is -4.25. The van der Waals surface area contributed by atoms with Crippen molar-refractivity contribution in [1.82, 2.24) is 20.0 Å². The third kappa shape index (κ3) is 5.09. The molecular formula is C28H23F3N4O3S. The second kappa shape index (κ2) is 10.1. The summed E-state index contributed by atoms with van der Waals surface area (Å²) in [6.07, 6.45) is -3.14. The van der Waals surface area contributed by atoms with Crippen LogP contribution in [0.4, 0.5) is 13.2 Å². The van der Waals surface area contributed by atoms with Crippen LogP contribution in [0.3, 0.4) is 0 Å². The molecule has 39 heavy (non-hydrogen) atoms. The zero-order chi connectivity index (χ0) is 27.9. The number of aromatic nitrogens is 2. The Morgan fingerprint density at radius 1 is 1.05 bits per heavy atom. The molecule has 0 saturated heterocycles. The van der Waals surface area contributed by atoms with Gasteiger partial charge in [-0.05, 0) is 48.7 Å². The molecule has 0 fully saturated rings. The lowest BCUT2D eigenvalue weighted by Gasteiger charge is -2.25. The maximum atomic E-state index is 13.7. The molecule has 7 nitrogen and oxygen atoms in total. The molecule has 2 aromatic carbocycles. The average Bonchev–Trinajstić information content (AvgIpc) is 3.57. The summed E-state index contributed by atoms with van der Waals surface area (Å²) in [4.78, 5) is 40.6. The number of halogens is 3. The largest absolute Gasteiger partial charge is 0.416 e. The first-order valence-corrected chi connectivity index (χ1v) is 12.9. The zero-order valence-electron chi connectivity index (χ0n) is 21.0. The number of hydrogen-bond donors (Lipinski definition) is 1. The molecule has 200 valence electrons. The molecule has 3 amide bonds. The molecule has 0 unspecified atom stereocenters. The fourth-order valence-electron chi connectivity index (χ4n) is 4.82. The Labute approximate surface area is 225 Å². The number of amides is 3. The van der Waals surface area contributed by atoms with Crippen molar-refractivity contribution in [3.63, 3.8) is 0 Å². The van der Waals surface area contributed by atoms with Crippen molar-refractivity contribution >= 4 is 29.1 Å². The smallest absolute Gasteiger partial charge is 0.346 e. The van der Waals surface area contributed by atoms with Gasteiger partial charge in [0.2, 0.25) is 0 Å². The number of rotatable bonds is 7. The predicted octanol–water partition coefficient (Wildman–Crippen LogP) is 5.11. The van der Waals surface area contributed by atoms with Gasteiger partial charge in [-0.15, -0.1) is 11.3 Å². The molecule has 0 radical (unpaired) electrons. The Bertz CT molecular complexity index is 1540. The Morgan fingerprint density at radius 2 is 1.69 bits per heavy atom. The SMILES string of the molecule is Cc1cnn(C)c1-c1csc(C(=O)N[C@@H](Cc2ccccc2C(F)(F)F)CN2C(=O)c3ccccc3C2=O)c1. The monoisotopic (exact) mass is 552 g/mol. The molecule has 1 aliphatic heterocycles. The minimum atomic E-state index is -4.61. The third-order valence-electron chi connectivity index (χ3n) is 6.62. The van der Waals surface area contributed by atoms with Crippen molar-refractivity contribution in [2.24, 2.45) is 7.05 Å². The highest BCUT2D eigenvalue weighted by Gasteiger charge is 2.38. The summed E-state index contributed by atoms with van der Waals surface area (Å²) >= 11 is 1.18. The van der Waals surface area contributed by atoms with E-state index in [0.717, 1.165) is 27.8 Å². The van der Waals surface area contributed by atoms with Gasteiger partial charge in [-0.3, -0.25) is 24.0 Å². The molecular weight excluding hydrogens is 529 g/mol. The van der Waals surface area contributed by atoms with E-state index < -0.39 is 35.5 Å². The second-order valence-electron chi connectivity index (χ2n) is 9.30. The number of benzene rings is 2. The van der Waals surface area contributed by atoms with Crippen molar-refractivity contribution in [3.8, 4) is 11.3 Å². The molecule has 2 aromatic heterocycles. The number of nitrogens with one attached hydrogen (secondary N) is 1. The van der Waals surface area contributed by atoms with Crippen LogP contribution in [-0.4, -0.2) is 45.0 Å². The van der Waals surface area contributed by atoms with E-state index in [2.05, 4.69) is 10.4 Å². The van der Waals surface area contributed by atoms with E-state index in [4.69, 9.17) is 0 Å². The first-order valence-electron chi connectivity index (χ1n) is 12.0. The van der Waals surface area contributed by atoms with Gasteiger partial charge in [0, 0.05) is 24.5 Å². The first kappa shape index (κ1) is 26.4. The van der Waals surface area contributed by atoms with Crippen molar-refractivity contribution in [2.75, 3.05) is 6.54 Å². The average molecular weight is 553 g/mol. The maximum Gasteiger partial charge on any atom is 0.416 e. The first-order chi connectivity index (χ1) is 18.5. The van der Waals surface area contributed by atoms with Crippen LogP contribution in [0, 0.1) is 6.92 Å². The number of aryl methyl sites for hydroxylation is 2. The predicted molar refractivity (Wildman–Crippen MR) is 139 cm³/mol. The number of alkyl halides is 3. The van der Waals surface area contributed by atoms with Gasteiger partial charge in [0.1, 0.15) is 0 Å². The van der Waals surface area contributed by atoms with Crippen molar-refractivity contribution in [2.45, 2.75) is 25.6 Å². The Morgan fingerprint density at radius 3 is 2.31 bits per heavy atom. The summed E-state index contributed by atoms with van der Waals surface area (Å²) in [5.41, 5.74) is 2.10. The molecule has 0 bridgehead atoms. The topological polar surface area (TPSA) is 84.3 Å². The lowest BCUT2D eigenvalue weighted by atomic mass is 9.99. The number of thiophene rings is 1. The van der Waals surface area contributed by atoms with E-state index in [9.17, 15) is 27.6 Å². The van der Waals surface area contributed by atoms with E-state index >= 15 is 0 Å². The van der Waals surface area contributed by atoms with Gasteiger partial charge in [-0.2, -0.15) is 18.3 Å². The van der Waals surface area contributed by atoms with Crippen LogP contribution in [0.15, 0.2) is 66.2 Å². The van der Waals surface area contributed by atoms with Gasteiger partial charge < -0.3 is 5.32 Å². The molecule has 1 N–H and O–H groups in total. The molecule has 4 aromatic rings. The number of carbonyl (C=O) groups is 3. The summed E-state index contributed by atoms with van der Waals surface area (Å²) in [5, 5.41) is 8.80. The summed E-state index contributed by atoms with van der Waals surface area (Å²) in [7, 11) is 1.79. The molecule has 1 aliphatic rings. The normalized spacial score (nSPS) is 14.0. The van der Waals surface area contributed by atoms with Crippen LogP contribution in [0.5, 0.6) is 0 Å². The van der Waals surface area contributed by atoms with E-state index in [1.165, 1.54) is 41.7 Å². The molecule has 11 heteroatoms. The summed E-state index contributed by atoms with van der Waals surface area (Å²) < 4.78 is 42.9. The molecule has 3 heterocycles. The van der Waals surface area contributed by atoms with Gasteiger partial charge in [-0.1, -0.05) is 30.3 Å². The quantitative estimate of drug-likeness (QED) is 0.323. The van der Waals surface area contributed by atoms with Gasteiger partial charge in [-0.25, -0.2) is 0 Å². The van der Waals surface area contributed by atoms with Gasteiger partial charge in [0.05, 0.1) is 39.5 Å². The molecule has 5 rings (SSSR count). The Kier molecular flexibility index (Phi) is 6.85. The Balaban J connectivity index is 1.44. The summed E-state index contributed by atoms with van der Waals surface area (Å²) in [6, 6.07) is 12.1. The standard InChI is InChI=1S/C28H23F3N4O3S/c1-16-13-32-34(2)24(16)18-12-23(39-15-18)25(36)33-19(11-17-7-3-6-10-22(17)28(29,30)31)14-35-26(37)20-8-4-5-9-21(20)27(35)38/h3-10,12-13,15,19H,11,14H2,1-2H3,(H,33,36)/t19-/m0/s1. The van der Waals surface area contributed by atoms with E-state index in [-0.39, 0.29) is 29.7 Å². The van der Waals surface area contributed by atoms with Crippen LogP contribution < -0.4 is 5.32 Å². The van der Waals surface area contributed by atoms with Gasteiger partial charge >= 0.3 is 6.18 Å². The fourth-order valence-corrected chi connectivity index (χ4v) is 5.62. The lowest BCUT2D eigenvalue weighted by Crippen LogP contribution is -2.47. The molecule has 0 spiro atoms. The highest BCUT2D eigenvalue weighted by Crippen LogP contribution is 2.33. The number of hydrogen-bond acceptors (Lipinski definition) is 5. The number of carbonyl (C=O) groups excluding carboxylic acids is 3. The van der Waals surface area contributed by atoms with Crippen LogP contribution in [-0.2, 0) is 19.6 Å². The number of imide groups is 1. The minimum absolute atomic E-state index is 0.0516. The third-order valence-corrected chi connectivity index (χ3v) is 7.55. The van der Waals surface area contributed by atoms with Crippen LogP contribution >= 0.6 is 11.3 Å². The van der Waals surface area contributed by atoms with E-state index in [1.807, 2.05) is 6.92 Å². The molecule has 0 saturated carbocycles. The zero-order valence-corrected chi connectivity index (χ0v) is 21.8. The number of fused-ring (bicyclic) bond motifs is 1. The highest BCUT2D eigenvalue weighted by molar-refractivity contribution is 7.12. The maximum absolute atomic E-state index is 13.7. The van der Waals surface area contributed by atoms with Gasteiger partial charge in [0.25, 0.3) is 17.7 Å². The minimum Gasteiger partial charge on any atom is -0.346 e. The summed E-state index contributed by atoms with van der Waals surface area (Å²) in [6.45, 7) is 1.61. The van der Waals surface area contributed by atoms with Crippen molar-refractivity contribution < 1.29 is 27.6 Å². The molecule has 0 aliphatic carbocycles. The van der Waals surface area contributed by atoms with Crippen molar-refractivity contribution in [3.05, 3.63) is 98.9 Å². The van der Waals surface area contributed by atoms with Crippen LogP contribution in [0.1, 0.15) is 47.1 Å². The number of nitrogens with zero attached hydrogens (tertiary/aromatic N) is 3. The second-order valence-corrected chi connectivity index (χ2v) is 10.2. The van der Waals surface area contributed by atoms with E-state index in [1.54, 1.807) is 41.5 Å². The fraction of sp³-hybridized carbons (Fsp3) is 0.214. The highest BCUT2D eigenvalue weighted by atomic mass is 32.1. The van der Waals surface area contributed by atoms with E-state index in [0.29, 0.717) is 4.88 Å². The van der Waals surface area contributed by atoms with Crippen LogP contribution in [0.25, 0.3) is 11.3 Å². The van der Waals surface area contributed by atoms with Crippen LogP contribution in [0.2, 0.25) is 0 Å². The van der Waals surface area contributed by atoms with Crippen molar-refractivity contribution in [1.29, 1.82) is 0 Å². The molecule has 1 atom stereocenters. The van der Waals surface area contributed by atoms with Gasteiger partial charge in [0.15, 0.2) is 0 Å². The lowest BCUT2D eigenvalue weighted by molar-refractivity contribution is -0.138. The summed E-state index contributed by atoms with van der Waals surface area (Å²) in [5.74, 6) is -1.62.